The highest BCUT2D eigenvalue weighted by Gasteiger charge is 2.11. The summed E-state index contributed by atoms with van der Waals surface area (Å²) < 4.78 is 6.56. The van der Waals surface area contributed by atoms with Crippen LogP contribution in [0.25, 0.3) is 0 Å². The molecule has 1 aromatic carbocycles. The van der Waals surface area contributed by atoms with Gasteiger partial charge in [0, 0.05) is 16.1 Å². The van der Waals surface area contributed by atoms with E-state index in [1.165, 1.54) is 0 Å². The Kier molecular flexibility index (Phi) is 6.10. The van der Waals surface area contributed by atoms with Gasteiger partial charge in [0.05, 0.1) is 0 Å². The van der Waals surface area contributed by atoms with Gasteiger partial charge in [0.25, 0.3) is 0 Å². The Balaban J connectivity index is 2.85. The fourth-order valence-electron chi connectivity index (χ4n) is 1.58. The summed E-state index contributed by atoms with van der Waals surface area (Å²) in [5.74, 6) is 3.33. The molecule has 0 aliphatic carbocycles. The van der Waals surface area contributed by atoms with E-state index in [1.807, 2.05) is 12.1 Å². The summed E-state index contributed by atoms with van der Waals surface area (Å²) in [5, 5.41) is 3.44. The largest absolute Gasteiger partial charge is 0.481 e. The van der Waals surface area contributed by atoms with Crippen molar-refractivity contribution >= 4 is 15.9 Å². The van der Waals surface area contributed by atoms with Gasteiger partial charge in [-0.15, -0.1) is 6.42 Å². The number of ether oxygens (including phenoxy) is 1. The van der Waals surface area contributed by atoms with Crippen molar-refractivity contribution in [3.8, 4) is 18.1 Å². The molecule has 0 aromatic heterocycles. The lowest BCUT2D eigenvalue weighted by molar-refractivity contribution is 0.360. The summed E-state index contributed by atoms with van der Waals surface area (Å²) in [6, 6.07) is 6.29. The molecule has 0 radical (unpaired) electrons. The quantitative estimate of drug-likeness (QED) is 0.811. The zero-order valence-electron chi connectivity index (χ0n) is 10.3. The van der Waals surface area contributed by atoms with Crippen LogP contribution < -0.4 is 10.1 Å². The van der Waals surface area contributed by atoms with Gasteiger partial charge in [-0.3, -0.25) is 0 Å². The highest BCUT2D eigenvalue weighted by molar-refractivity contribution is 9.10. The third-order valence-electron chi connectivity index (χ3n) is 2.45. The van der Waals surface area contributed by atoms with Gasteiger partial charge in [0.2, 0.25) is 0 Å². The first-order valence-electron chi connectivity index (χ1n) is 5.78. The smallest absolute Gasteiger partial charge is 0.148 e. The van der Waals surface area contributed by atoms with Gasteiger partial charge in [-0.2, -0.15) is 0 Å². The van der Waals surface area contributed by atoms with Crippen LogP contribution in [0.3, 0.4) is 0 Å². The maximum atomic E-state index is 5.56. The standard InChI is InChI=1S/C14H18BrNO/c1-4-8-16-11(3)13-7-6-12(15)10-14(13)17-9-5-2/h2,6-7,10-11,16H,4,8-9H2,1,3H3. The predicted molar refractivity (Wildman–Crippen MR) is 75.2 cm³/mol. The number of hydrogen-bond donors (Lipinski definition) is 1. The Morgan fingerprint density at radius 2 is 2.29 bits per heavy atom. The monoisotopic (exact) mass is 295 g/mol. The molecule has 2 nitrogen and oxygen atoms in total. The van der Waals surface area contributed by atoms with Crippen molar-refractivity contribution in [2.45, 2.75) is 26.3 Å². The van der Waals surface area contributed by atoms with Gasteiger partial charge < -0.3 is 10.1 Å². The second kappa shape index (κ2) is 7.37. The van der Waals surface area contributed by atoms with E-state index < -0.39 is 0 Å². The minimum absolute atomic E-state index is 0.260. The molecule has 0 amide bonds. The van der Waals surface area contributed by atoms with E-state index in [-0.39, 0.29) is 6.04 Å². The van der Waals surface area contributed by atoms with Gasteiger partial charge in [-0.25, -0.2) is 0 Å². The molecule has 17 heavy (non-hydrogen) atoms. The summed E-state index contributed by atoms with van der Waals surface area (Å²) in [4.78, 5) is 0. The Morgan fingerprint density at radius 1 is 1.53 bits per heavy atom. The second-order valence-electron chi connectivity index (χ2n) is 3.85. The van der Waals surface area contributed by atoms with Gasteiger partial charge >= 0.3 is 0 Å². The van der Waals surface area contributed by atoms with Crippen LogP contribution in [-0.4, -0.2) is 13.2 Å². The number of terminal acetylenes is 1. The fraction of sp³-hybridized carbons (Fsp3) is 0.429. The Morgan fingerprint density at radius 3 is 2.94 bits per heavy atom. The van der Waals surface area contributed by atoms with Gasteiger partial charge in [-0.05, 0) is 32.0 Å². The number of halogens is 1. The molecule has 0 saturated heterocycles. The molecule has 1 rings (SSSR count). The van der Waals surface area contributed by atoms with E-state index in [9.17, 15) is 0 Å². The molecule has 0 heterocycles. The fourth-order valence-corrected chi connectivity index (χ4v) is 1.92. The molecule has 1 N–H and O–H groups in total. The number of hydrogen-bond acceptors (Lipinski definition) is 2. The zero-order valence-corrected chi connectivity index (χ0v) is 11.9. The van der Waals surface area contributed by atoms with E-state index in [1.54, 1.807) is 0 Å². The topological polar surface area (TPSA) is 21.3 Å². The molecule has 1 unspecified atom stereocenters. The number of nitrogens with one attached hydrogen (secondary N) is 1. The van der Waals surface area contributed by atoms with Crippen molar-refractivity contribution < 1.29 is 4.74 Å². The molecular weight excluding hydrogens is 278 g/mol. The summed E-state index contributed by atoms with van der Waals surface area (Å²) >= 11 is 3.44. The van der Waals surface area contributed by atoms with E-state index in [0.717, 1.165) is 28.8 Å². The molecular formula is C14H18BrNO. The molecule has 0 spiro atoms. The lowest BCUT2D eigenvalue weighted by atomic mass is 10.1. The first-order valence-corrected chi connectivity index (χ1v) is 6.57. The normalized spacial score (nSPS) is 11.9. The van der Waals surface area contributed by atoms with Crippen LogP contribution in [0.4, 0.5) is 0 Å². The van der Waals surface area contributed by atoms with Crippen molar-refractivity contribution in [3.63, 3.8) is 0 Å². The average molecular weight is 296 g/mol. The van der Waals surface area contributed by atoms with Gasteiger partial charge in [-0.1, -0.05) is 34.8 Å². The maximum Gasteiger partial charge on any atom is 0.148 e. The van der Waals surface area contributed by atoms with E-state index in [0.29, 0.717) is 6.61 Å². The van der Waals surface area contributed by atoms with Crippen LogP contribution in [0, 0.1) is 12.3 Å². The summed E-state index contributed by atoms with van der Waals surface area (Å²) in [7, 11) is 0. The van der Waals surface area contributed by atoms with Crippen molar-refractivity contribution in [1.29, 1.82) is 0 Å². The molecule has 1 atom stereocenters. The molecule has 0 bridgehead atoms. The Labute approximate surface area is 112 Å². The molecule has 3 heteroatoms. The molecule has 0 aliphatic rings. The minimum Gasteiger partial charge on any atom is -0.481 e. The SMILES string of the molecule is C#CCOc1cc(Br)ccc1C(C)NCCC. The average Bonchev–Trinajstić information content (AvgIpc) is 2.33. The van der Waals surface area contributed by atoms with Crippen LogP contribution in [0.2, 0.25) is 0 Å². The third kappa shape index (κ3) is 4.41. The van der Waals surface area contributed by atoms with Crippen molar-refractivity contribution in [1.82, 2.24) is 5.32 Å². The predicted octanol–water partition coefficient (Wildman–Crippen LogP) is 3.52. The van der Waals surface area contributed by atoms with Crippen LogP contribution in [-0.2, 0) is 0 Å². The van der Waals surface area contributed by atoms with Gasteiger partial charge in [0.15, 0.2) is 0 Å². The van der Waals surface area contributed by atoms with E-state index >= 15 is 0 Å². The van der Waals surface area contributed by atoms with Crippen molar-refractivity contribution in [2.24, 2.45) is 0 Å². The molecule has 0 aliphatic heterocycles. The summed E-state index contributed by atoms with van der Waals surface area (Å²) in [6.45, 7) is 5.56. The summed E-state index contributed by atoms with van der Waals surface area (Å²) in [6.07, 6.45) is 6.33. The van der Waals surface area contributed by atoms with E-state index in [4.69, 9.17) is 11.2 Å². The molecule has 1 aromatic rings. The highest BCUT2D eigenvalue weighted by atomic mass is 79.9. The van der Waals surface area contributed by atoms with Crippen LogP contribution in [0.15, 0.2) is 22.7 Å². The Bertz CT molecular complexity index is 398. The van der Waals surface area contributed by atoms with Gasteiger partial charge in [0.1, 0.15) is 12.4 Å². The lowest BCUT2D eigenvalue weighted by Crippen LogP contribution is -2.20. The maximum absolute atomic E-state index is 5.56. The van der Waals surface area contributed by atoms with Crippen LogP contribution >= 0.6 is 15.9 Å². The molecule has 92 valence electrons. The van der Waals surface area contributed by atoms with Crippen LogP contribution in [0.5, 0.6) is 5.75 Å². The zero-order chi connectivity index (χ0) is 12.7. The first kappa shape index (κ1) is 14.1. The highest BCUT2D eigenvalue weighted by Crippen LogP contribution is 2.28. The molecule has 0 saturated carbocycles. The van der Waals surface area contributed by atoms with Crippen LogP contribution in [0.1, 0.15) is 31.9 Å². The minimum atomic E-state index is 0.260. The van der Waals surface area contributed by atoms with Crippen molar-refractivity contribution in [3.05, 3.63) is 28.2 Å². The number of rotatable bonds is 6. The molecule has 0 fully saturated rings. The van der Waals surface area contributed by atoms with Crippen molar-refractivity contribution in [2.75, 3.05) is 13.2 Å². The second-order valence-corrected chi connectivity index (χ2v) is 4.77. The third-order valence-corrected chi connectivity index (χ3v) is 2.95. The first-order chi connectivity index (χ1) is 8.19. The van der Waals surface area contributed by atoms with E-state index in [2.05, 4.69) is 47.1 Å². The number of benzene rings is 1. The Hall–Kier alpha value is -0.980. The lowest BCUT2D eigenvalue weighted by Gasteiger charge is -2.17. The summed E-state index contributed by atoms with van der Waals surface area (Å²) in [5.41, 5.74) is 1.14.